The van der Waals surface area contributed by atoms with Gasteiger partial charge in [0.25, 0.3) is 0 Å². The number of nitrogens with one attached hydrogen (secondary N) is 1. The van der Waals surface area contributed by atoms with Crippen LogP contribution in [0, 0.1) is 0 Å². The highest BCUT2D eigenvalue weighted by Crippen LogP contribution is 2.26. The summed E-state index contributed by atoms with van der Waals surface area (Å²) in [6.07, 6.45) is 0. The molecule has 5 heteroatoms. The first kappa shape index (κ1) is 5.55. The fraction of sp³-hybridized carbons (Fsp3) is 1.00. The molecule has 0 saturated carbocycles. The number of rotatable bonds is 2. The smallest absolute Gasteiger partial charge is 0.0731 e. The molecule has 0 bridgehead atoms. The zero-order chi connectivity index (χ0) is 5.28. The topological polar surface area (TPSA) is 52.2 Å². The van der Waals surface area contributed by atoms with E-state index in [0.29, 0.717) is 0 Å². The van der Waals surface area contributed by atoms with Crippen LogP contribution in [0.3, 0.4) is 0 Å². The first-order valence-corrected chi connectivity index (χ1v) is 3.88. The van der Waals surface area contributed by atoms with E-state index in [-0.39, 0.29) is 5.37 Å². The molecule has 7 heavy (non-hydrogen) atoms. The molecule has 0 radical (unpaired) electrons. The molecule has 0 aromatic rings. The van der Waals surface area contributed by atoms with Gasteiger partial charge in [0, 0.05) is 17.0 Å². The molecule has 0 aliphatic carbocycles. The molecule has 0 spiro atoms. The Balaban J connectivity index is 2.08. The van der Waals surface area contributed by atoms with E-state index < -0.39 is 11.3 Å². The Labute approximate surface area is 48.3 Å². The van der Waals surface area contributed by atoms with Crippen molar-refractivity contribution in [2.45, 2.75) is 5.37 Å². The Kier molecular flexibility index (Phi) is 1.69. The predicted molar refractivity (Wildman–Crippen MR) is 28.3 cm³/mol. The van der Waals surface area contributed by atoms with Crippen molar-refractivity contribution in [3.05, 3.63) is 0 Å². The van der Waals surface area contributed by atoms with Crippen LogP contribution in [0.15, 0.2) is 0 Å². The van der Waals surface area contributed by atoms with Crippen molar-refractivity contribution in [1.82, 2.24) is 4.72 Å². The van der Waals surface area contributed by atoms with Crippen LogP contribution >= 0.6 is 11.8 Å². The molecule has 1 aliphatic rings. The zero-order valence-corrected chi connectivity index (χ0v) is 5.05. The van der Waals surface area contributed by atoms with Gasteiger partial charge in [-0.15, -0.1) is 11.8 Å². The van der Waals surface area contributed by atoms with Gasteiger partial charge in [0.05, 0.1) is 5.37 Å². The Morgan fingerprint density at radius 3 is 2.71 bits per heavy atom. The van der Waals surface area contributed by atoms with Crippen molar-refractivity contribution < 1.29 is 8.76 Å². The molecule has 2 unspecified atom stereocenters. The maximum atomic E-state index is 9.73. The summed E-state index contributed by atoms with van der Waals surface area (Å²) in [6.45, 7) is 0. The van der Waals surface area contributed by atoms with Crippen LogP contribution < -0.4 is 4.72 Å². The van der Waals surface area contributed by atoms with Crippen LogP contribution in [-0.4, -0.2) is 19.9 Å². The molecule has 0 amide bonds. The summed E-state index contributed by atoms with van der Waals surface area (Å²) in [6, 6.07) is 0. The summed E-state index contributed by atoms with van der Waals surface area (Å²) in [5.41, 5.74) is 0. The summed E-state index contributed by atoms with van der Waals surface area (Å²) in [7, 11) is 0. The molecule has 1 fully saturated rings. The molecule has 42 valence electrons. The maximum Gasteiger partial charge on any atom is 0.0731 e. The minimum absolute atomic E-state index is 0.179. The molecular formula is C2H4NO2S2-. The Hall–Kier alpha value is 0.420. The third-order valence-electron chi connectivity index (χ3n) is 0.561. The summed E-state index contributed by atoms with van der Waals surface area (Å²) in [4.78, 5) is 0. The van der Waals surface area contributed by atoms with Crippen molar-refractivity contribution in [2.24, 2.45) is 0 Å². The normalized spacial score (nSPS) is 32.4. The maximum absolute atomic E-state index is 9.73. The highest BCUT2D eigenvalue weighted by atomic mass is 32.2. The standard InChI is InChI=1S/C2H5NO2S2/c4-7(5)3-2-1-6-2/h2-3H,1H2,(H,4,5)/p-1. The average Bonchev–Trinajstić information content (AvgIpc) is 2.17. The second-order valence-electron chi connectivity index (χ2n) is 1.17. The van der Waals surface area contributed by atoms with E-state index in [0.717, 1.165) is 5.75 Å². The first-order chi connectivity index (χ1) is 3.29. The molecule has 1 saturated heterocycles. The fourth-order valence-electron chi connectivity index (χ4n) is 0.223. The summed E-state index contributed by atoms with van der Waals surface area (Å²) >= 11 is -0.462. The van der Waals surface area contributed by atoms with Gasteiger partial charge in [-0.3, -0.25) is 4.21 Å². The van der Waals surface area contributed by atoms with Gasteiger partial charge in [0.1, 0.15) is 0 Å². The lowest BCUT2D eigenvalue weighted by molar-refractivity contribution is 0.525. The van der Waals surface area contributed by atoms with Crippen LogP contribution in [0.5, 0.6) is 0 Å². The largest absolute Gasteiger partial charge is 0.760 e. The molecule has 1 aliphatic heterocycles. The average molecular weight is 138 g/mol. The lowest BCUT2D eigenvalue weighted by Gasteiger charge is -2.01. The Bertz CT molecular complexity index is 91.7. The van der Waals surface area contributed by atoms with E-state index in [2.05, 4.69) is 4.72 Å². The van der Waals surface area contributed by atoms with Gasteiger partial charge >= 0.3 is 0 Å². The first-order valence-electron chi connectivity index (χ1n) is 1.76. The quantitative estimate of drug-likeness (QED) is 0.411. The van der Waals surface area contributed by atoms with Crippen LogP contribution in [0.4, 0.5) is 0 Å². The summed E-state index contributed by atoms with van der Waals surface area (Å²) < 4.78 is 21.7. The zero-order valence-electron chi connectivity index (χ0n) is 3.42. The SMILES string of the molecule is O=S([O-])NC1CS1. The predicted octanol–water partition coefficient (Wildman–Crippen LogP) is -0.557. The van der Waals surface area contributed by atoms with Gasteiger partial charge in [-0.25, -0.2) is 4.72 Å². The highest BCUT2D eigenvalue weighted by Gasteiger charge is 2.21. The molecule has 1 heterocycles. The van der Waals surface area contributed by atoms with Crippen molar-refractivity contribution in [2.75, 3.05) is 5.75 Å². The summed E-state index contributed by atoms with van der Waals surface area (Å²) in [5.74, 6) is 0.925. The van der Waals surface area contributed by atoms with Crippen LogP contribution in [0.1, 0.15) is 0 Å². The number of hydrogen-bond acceptors (Lipinski definition) is 3. The van der Waals surface area contributed by atoms with Gasteiger partial charge in [-0.1, -0.05) is 0 Å². The van der Waals surface area contributed by atoms with Gasteiger partial charge in [0.15, 0.2) is 0 Å². The Morgan fingerprint density at radius 1 is 2.00 bits per heavy atom. The molecule has 0 aromatic carbocycles. The van der Waals surface area contributed by atoms with E-state index in [1.54, 1.807) is 11.8 Å². The van der Waals surface area contributed by atoms with Gasteiger partial charge in [-0.05, 0) is 0 Å². The van der Waals surface area contributed by atoms with E-state index in [1.807, 2.05) is 0 Å². The minimum Gasteiger partial charge on any atom is -0.760 e. The van der Waals surface area contributed by atoms with Crippen molar-refractivity contribution in [3.8, 4) is 0 Å². The Morgan fingerprint density at radius 2 is 2.57 bits per heavy atom. The molecule has 3 nitrogen and oxygen atoms in total. The molecule has 2 atom stereocenters. The van der Waals surface area contributed by atoms with Crippen LogP contribution in [-0.2, 0) is 11.3 Å². The highest BCUT2D eigenvalue weighted by molar-refractivity contribution is 8.07. The van der Waals surface area contributed by atoms with Gasteiger partial charge in [0.2, 0.25) is 0 Å². The lowest BCUT2D eigenvalue weighted by atomic mass is 10.8. The van der Waals surface area contributed by atoms with E-state index in [4.69, 9.17) is 0 Å². The number of thioether (sulfide) groups is 1. The third-order valence-corrected chi connectivity index (χ3v) is 1.97. The fourth-order valence-corrected chi connectivity index (χ4v) is 1.31. The monoisotopic (exact) mass is 138 g/mol. The van der Waals surface area contributed by atoms with E-state index >= 15 is 0 Å². The number of hydrogen-bond donors (Lipinski definition) is 1. The lowest BCUT2D eigenvalue weighted by Crippen LogP contribution is -2.18. The second-order valence-corrected chi connectivity index (χ2v) is 3.12. The van der Waals surface area contributed by atoms with Crippen molar-refractivity contribution >= 4 is 23.0 Å². The van der Waals surface area contributed by atoms with Crippen LogP contribution in [0.25, 0.3) is 0 Å². The second kappa shape index (κ2) is 2.13. The van der Waals surface area contributed by atoms with Crippen molar-refractivity contribution in [1.29, 1.82) is 0 Å². The van der Waals surface area contributed by atoms with Gasteiger partial charge in [-0.2, -0.15) is 0 Å². The summed E-state index contributed by atoms with van der Waals surface area (Å²) in [5, 5.41) is 0.179. The molecule has 1 rings (SSSR count). The molecule has 0 aromatic heterocycles. The van der Waals surface area contributed by atoms with Gasteiger partial charge < -0.3 is 4.55 Å². The van der Waals surface area contributed by atoms with Crippen molar-refractivity contribution in [3.63, 3.8) is 0 Å². The van der Waals surface area contributed by atoms with E-state index in [9.17, 15) is 8.76 Å². The van der Waals surface area contributed by atoms with E-state index in [1.165, 1.54) is 0 Å². The van der Waals surface area contributed by atoms with Crippen LogP contribution in [0.2, 0.25) is 0 Å². The minimum atomic E-state index is -2.05. The molecular weight excluding hydrogens is 134 g/mol. The molecule has 1 N–H and O–H groups in total. The third kappa shape index (κ3) is 2.28.